The number of hydrogen-bond acceptors (Lipinski definition) is 4. The van der Waals surface area contributed by atoms with Crippen LogP contribution in [-0.4, -0.2) is 20.5 Å². The Kier molecular flexibility index (Phi) is 4.27. The lowest BCUT2D eigenvalue weighted by Gasteiger charge is -2.08. The summed E-state index contributed by atoms with van der Waals surface area (Å²) in [5, 5.41) is 0.980. The Bertz CT molecular complexity index is 922. The molecule has 0 radical (unpaired) electrons. The van der Waals surface area contributed by atoms with E-state index in [9.17, 15) is 8.42 Å². The van der Waals surface area contributed by atoms with Crippen molar-refractivity contribution < 1.29 is 13.2 Å². The monoisotopic (exact) mass is 328 g/mol. The first-order chi connectivity index (χ1) is 11.1. The molecule has 0 bridgehead atoms. The van der Waals surface area contributed by atoms with Crippen LogP contribution in [0, 0.1) is 0 Å². The highest BCUT2D eigenvalue weighted by Crippen LogP contribution is 2.16. The van der Waals surface area contributed by atoms with Gasteiger partial charge in [0.1, 0.15) is 5.75 Å². The number of benzene rings is 2. The number of para-hydroxylation sites is 1. The SMILES string of the molecule is COc1ccc(S(=O)(=O)NCc2cnc3ccccc3c2)cc1. The van der Waals surface area contributed by atoms with Crippen molar-refractivity contribution in [3.63, 3.8) is 0 Å². The predicted octanol–water partition coefficient (Wildman–Crippen LogP) is 2.72. The summed E-state index contributed by atoms with van der Waals surface area (Å²) in [6, 6.07) is 15.9. The van der Waals surface area contributed by atoms with Crippen LogP contribution in [0.3, 0.4) is 0 Å². The van der Waals surface area contributed by atoms with Crippen LogP contribution >= 0.6 is 0 Å². The van der Waals surface area contributed by atoms with Crippen molar-refractivity contribution in [3.05, 3.63) is 66.4 Å². The van der Waals surface area contributed by atoms with E-state index in [1.54, 1.807) is 18.3 Å². The van der Waals surface area contributed by atoms with Crippen molar-refractivity contribution in [1.82, 2.24) is 9.71 Å². The molecule has 23 heavy (non-hydrogen) atoms. The number of sulfonamides is 1. The summed E-state index contributed by atoms with van der Waals surface area (Å²) in [6.07, 6.45) is 1.68. The third kappa shape index (κ3) is 3.49. The van der Waals surface area contributed by atoms with Crippen molar-refractivity contribution in [1.29, 1.82) is 0 Å². The quantitative estimate of drug-likeness (QED) is 0.782. The minimum Gasteiger partial charge on any atom is -0.497 e. The number of hydrogen-bond donors (Lipinski definition) is 1. The molecule has 0 atom stereocenters. The first-order valence-corrected chi connectivity index (χ1v) is 8.54. The van der Waals surface area contributed by atoms with Crippen LogP contribution in [0.1, 0.15) is 5.56 Å². The topological polar surface area (TPSA) is 68.3 Å². The number of nitrogens with one attached hydrogen (secondary N) is 1. The van der Waals surface area contributed by atoms with Crippen LogP contribution in [-0.2, 0) is 16.6 Å². The second-order valence-electron chi connectivity index (χ2n) is 5.04. The van der Waals surface area contributed by atoms with E-state index in [1.807, 2.05) is 30.3 Å². The smallest absolute Gasteiger partial charge is 0.240 e. The maximum Gasteiger partial charge on any atom is 0.240 e. The lowest BCUT2D eigenvalue weighted by Crippen LogP contribution is -2.23. The average Bonchev–Trinajstić information content (AvgIpc) is 2.60. The van der Waals surface area contributed by atoms with Crippen LogP contribution in [0.15, 0.2) is 65.7 Å². The molecule has 3 rings (SSSR count). The van der Waals surface area contributed by atoms with E-state index >= 15 is 0 Å². The zero-order chi connectivity index (χ0) is 16.3. The van der Waals surface area contributed by atoms with Gasteiger partial charge in [-0.3, -0.25) is 4.98 Å². The second kappa shape index (κ2) is 6.36. The van der Waals surface area contributed by atoms with E-state index in [1.165, 1.54) is 19.2 Å². The Labute approximate surface area is 135 Å². The highest BCUT2D eigenvalue weighted by Gasteiger charge is 2.13. The molecule has 6 heteroatoms. The summed E-state index contributed by atoms with van der Waals surface area (Å²) < 4.78 is 32.2. The molecule has 0 saturated heterocycles. The maximum absolute atomic E-state index is 12.3. The van der Waals surface area contributed by atoms with Gasteiger partial charge in [-0.25, -0.2) is 13.1 Å². The summed E-state index contributed by atoms with van der Waals surface area (Å²) in [6.45, 7) is 0.187. The van der Waals surface area contributed by atoms with E-state index in [4.69, 9.17) is 4.74 Å². The van der Waals surface area contributed by atoms with Gasteiger partial charge in [0, 0.05) is 18.1 Å². The van der Waals surface area contributed by atoms with Gasteiger partial charge in [-0.05, 0) is 42.0 Å². The minimum absolute atomic E-state index is 0.187. The molecule has 0 amide bonds. The largest absolute Gasteiger partial charge is 0.497 e. The standard InChI is InChI=1S/C17H16N2O3S/c1-22-15-6-8-16(9-7-15)23(20,21)19-12-13-10-14-4-2-3-5-17(14)18-11-13/h2-11,19H,12H2,1H3. The Morgan fingerprint density at radius 2 is 1.83 bits per heavy atom. The minimum atomic E-state index is -3.57. The third-order valence-corrected chi connectivity index (χ3v) is 4.90. The number of ether oxygens (including phenoxy) is 1. The van der Waals surface area contributed by atoms with Gasteiger partial charge in [-0.15, -0.1) is 0 Å². The molecule has 1 aromatic heterocycles. The maximum atomic E-state index is 12.3. The highest BCUT2D eigenvalue weighted by atomic mass is 32.2. The van der Waals surface area contributed by atoms with Gasteiger partial charge in [0.15, 0.2) is 0 Å². The Morgan fingerprint density at radius 3 is 2.57 bits per heavy atom. The molecule has 0 aliphatic rings. The first kappa shape index (κ1) is 15.5. The number of methoxy groups -OCH3 is 1. The molecular formula is C17H16N2O3S. The van der Waals surface area contributed by atoms with E-state index < -0.39 is 10.0 Å². The number of pyridine rings is 1. The van der Waals surface area contributed by atoms with Crippen molar-refractivity contribution in [3.8, 4) is 5.75 Å². The van der Waals surface area contributed by atoms with Crippen LogP contribution in [0.2, 0.25) is 0 Å². The molecular weight excluding hydrogens is 312 g/mol. The number of rotatable bonds is 5. The summed E-state index contributed by atoms with van der Waals surface area (Å²) in [5.41, 5.74) is 1.69. The van der Waals surface area contributed by atoms with Gasteiger partial charge < -0.3 is 4.74 Å². The Morgan fingerprint density at radius 1 is 1.09 bits per heavy atom. The van der Waals surface area contributed by atoms with Gasteiger partial charge in [0.05, 0.1) is 17.5 Å². The molecule has 3 aromatic rings. The lowest BCUT2D eigenvalue weighted by molar-refractivity contribution is 0.414. The number of fused-ring (bicyclic) bond motifs is 1. The van der Waals surface area contributed by atoms with Crippen LogP contribution in [0.25, 0.3) is 10.9 Å². The Hall–Kier alpha value is -2.44. The van der Waals surface area contributed by atoms with Crippen molar-refractivity contribution in [2.24, 2.45) is 0 Å². The molecule has 0 aliphatic heterocycles. The molecule has 1 heterocycles. The molecule has 0 spiro atoms. The fourth-order valence-electron chi connectivity index (χ4n) is 2.23. The first-order valence-electron chi connectivity index (χ1n) is 7.06. The molecule has 118 valence electrons. The average molecular weight is 328 g/mol. The van der Waals surface area contributed by atoms with Crippen molar-refractivity contribution in [2.75, 3.05) is 7.11 Å². The van der Waals surface area contributed by atoms with E-state index in [0.29, 0.717) is 5.75 Å². The van der Waals surface area contributed by atoms with Crippen LogP contribution < -0.4 is 9.46 Å². The van der Waals surface area contributed by atoms with Gasteiger partial charge >= 0.3 is 0 Å². The summed E-state index contributed by atoms with van der Waals surface area (Å²) >= 11 is 0. The lowest BCUT2D eigenvalue weighted by atomic mass is 10.2. The van der Waals surface area contributed by atoms with Crippen molar-refractivity contribution in [2.45, 2.75) is 11.4 Å². The summed E-state index contributed by atoms with van der Waals surface area (Å²) in [5.74, 6) is 0.614. The second-order valence-corrected chi connectivity index (χ2v) is 6.80. The molecule has 0 saturated carbocycles. The summed E-state index contributed by atoms with van der Waals surface area (Å²) in [7, 11) is -2.03. The fourth-order valence-corrected chi connectivity index (χ4v) is 3.25. The normalized spacial score (nSPS) is 11.5. The zero-order valence-electron chi connectivity index (χ0n) is 12.6. The number of nitrogens with zero attached hydrogens (tertiary/aromatic N) is 1. The summed E-state index contributed by atoms with van der Waals surface area (Å²) in [4.78, 5) is 4.53. The number of aromatic nitrogens is 1. The predicted molar refractivity (Wildman–Crippen MR) is 88.8 cm³/mol. The van der Waals surface area contributed by atoms with Gasteiger partial charge in [0.2, 0.25) is 10.0 Å². The van der Waals surface area contributed by atoms with E-state index in [0.717, 1.165) is 16.5 Å². The molecule has 5 nitrogen and oxygen atoms in total. The van der Waals surface area contributed by atoms with Gasteiger partial charge in [-0.2, -0.15) is 0 Å². The molecule has 2 aromatic carbocycles. The fraction of sp³-hybridized carbons (Fsp3) is 0.118. The van der Waals surface area contributed by atoms with E-state index in [-0.39, 0.29) is 11.4 Å². The van der Waals surface area contributed by atoms with Crippen LogP contribution in [0.5, 0.6) is 5.75 Å². The third-order valence-electron chi connectivity index (χ3n) is 3.48. The van der Waals surface area contributed by atoms with Gasteiger partial charge in [-0.1, -0.05) is 18.2 Å². The molecule has 1 N–H and O–H groups in total. The van der Waals surface area contributed by atoms with Crippen LogP contribution in [0.4, 0.5) is 0 Å². The highest BCUT2D eigenvalue weighted by molar-refractivity contribution is 7.89. The Balaban J connectivity index is 1.77. The van der Waals surface area contributed by atoms with Gasteiger partial charge in [0.25, 0.3) is 0 Å². The molecule has 0 fully saturated rings. The van der Waals surface area contributed by atoms with E-state index in [2.05, 4.69) is 9.71 Å². The molecule has 0 aliphatic carbocycles. The van der Waals surface area contributed by atoms with Crippen molar-refractivity contribution >= 4 is 20.9 Å². The zero-order valence-corrected chi connectivity index (χ0v) is 13.4. The molecule has 0 unspecified atom stereocenters.